The van der Waals surface area contributed by atoms with Crippen LogP contribution in [-0.2, 0) is 10.0 Å². The van der Waals surface area contributed by atoms with Crippen LogP contribution in [0.2, 0.25) is 0 Å². The molecule has 1 saturated heterocycles. The maximum absolute atomic E-state index is 12.7. The summed E-state index contributed by atoms with van der Waals surface area (Å²) in [7, 11) is -3.55. The molecule has 0 spiro atoms. The molecule has 0 aliphatic carbocycles. The standard InChI is InChI=1S/C17H18N2O3S2/c18-12-13-3-5-15(6-4-13)24(21,22)19-9-7-14(8-10-19)17(20)16-2-1-11-23-16/h1-6,11,14,17,20H,7-10H2. The quantitative estimate of drug-likeness (QED) is 0.907. The lowest BCUT2D eigenvalue weighted by molar-refractivity contribution is 0.0789. The van der Waals surface area contributed by atoms with Gasteiger partial charge in [0.15, 0.2) is 0 Å². The van der Waals surface area contributed by atoms with Crippen LogP contribution in [0, 0.1) is 17.2 Å². The van der Waals surface area contributed by atoms with E-state index in [1.165, 1.54) is 39.9 Å². The first-order valence-electron chi connectivity index (χ1n) is 7.74. The van der Waals surface area contributed by atoms with Crippen molar-refractivity contribution in [2.24, 2.45) is 5.92 Å². The van der Waals surface area contributed by atoms with E-state index in [-0.39, 0.29) is 10.8 Å². The lowest BCUT2D eigenvalue weighted by Gasteiger charge is -2.33. The normalized spacial score (nSPS) is 18.2. The van der Waals surface area contributed by atoms with Crippen LogP contribution >= 0.6 is 11.3 Å². The predicted octanol–water partition coefficient (Wildman–Crippen LogP) is 2.75. The second kappa shape index (κ2) is 7.03. The molecule has 1 aromatic heterocycles. The average Bonchev–Trinajstić information content (AvgIpc) is 3.16. The Hall–Kier alpha value is -1.72. The Morgan fingerprint density at radius 1 is 1.21 bits per heavy atom. The first kappa shape index (κ1) is 17.1. The van der Waals surface area contributed by atoms with Crippen molar-refractivity contribution in [1.29, 1.82) is 5.26 Å². The van der Waals surface area contributed by atoms with Gasteiger partial charge >= 0.3 is 0 Å². The molecule has 1 N–H and O–H groups in total. The van der Waals surface area contributed by atoms with Gasteiger partial charge in [-0.3, -0.25) is 0 Å². The smallest absolute Gasteiger partial charge is 0.243 e. The number of rotatable bonds is 4. The monoisotopic (exact) mass is 362 g/mol. The summed E-state index contributed by atoms with van der Waals surface area (Å²) in [5.74, 6) is 0.0797. The molecular weight excluding hydrogens is 344 g/mol. The minimum atomic E-state index is -3.55. The van der Waals surface area contributed by atoms with Gasteiger partial charge in [0.1, 0.15) is 0 Å². The van der Waals surface area contributed by atoms with Crippen molar-refractivity contribution >= 4 is 21.4 Å². The molecular formula is C17H18N2O3S2. The Bertz CT molecular complexity index is 816. The molecule has 2 heterocycles. The van der Waals surface area contributed by atoms with Crippen LogP contribution in [0.5, 0.6) is 0 Å². The van der Waals surface area contributed by atoms with Crippen LogP contribution in [0.3, 0.4) is 0 Å². The van der Waals surface area contributed by atoms with Crippen LogP contribution in [0.4, 0.5) is 0 Å². The van der Waals surface area contributed by atoms with Gasteiger partial charge in [-0.25, -0.2) is 8.42 Å². The molecule has 1 fully saturated rings. The lowest BCUT2D eigenvalue weighted by Crippen LogP contribution is -2.39. The number of nitrogens with zero attached hydrogens (tertiary/aromatic N) is 2. The number of aliphatic hydroxyl groups excluding tert-OH is 1. The summed E-state index contributed by atoms with van der Waals surface area (Å²) in [6.45, 7) is 0.797. The van der Waals surface area contributed by atoms with Gasteiger partial charge in [0.25, 0.3) is 0 Å². The number of hydrogen-bond donors (Lipinski definition) is 1. The van der Waals surface area contributed by atoms with Gasteiger partial charge in [0, 0.05) is 18.0 Å². The Morgan fingerprint density at radius 3 is 2.42 bits per heavy atom. The molecule has 7 heteroatoms. The molecule has 1 unspecified atom stereocenters. The fourth-order valence-corrected chi connectivity index (χ4v) is 5.25. The van der Waals surface area contributed by atoms with Crippen molar-refractivity contribution in [3.63, 3.8) is 0 Å². The van der Waals surface area contributed by atoms with Gasteiger partial charge in [-0.15, -0.1) is 11.3 Å². The summed E-state index contributed by atoms with van der Waals surface area (Å²) in [5.41, 5.74) is 0.437. The fraction of sp³-hybridized carbons (Fsp3) is 0.353. The van der Waals surface area contributed by atoms with E-state index in [9.17, 15) is 13.5 Å². The zero-order chi connectivity index (χ0) is 17.2. The van der Waals surface area contributed by atoms with Gasteiger partial charge in [0.05, 0.1) is 22.6 Å². The molecule has 2 aromatic rings. The first-order valence-corrected chi connectivity index (χ1v) is 10.1. The Morgan fingerprint density at radius 2 is 1.88 bits per heavy atom. The zero-order valence-corrected chi connectivity index (χ0v) is 14.6. The summed E-state index contributed by atoms with van der Waals surface area (Å²) in [5, 5.41) is 21.2. The summed E-state index contributed by atoms with van der Waals surface area (Å²) in [6, 6.07) is 11.8. The van der Waals surface area contributed by atoms with Crippen molar-refractivity contribution in [2.75, 3.05) is 13.1 Å². The highest BCUT2D eigenvalue weighted by molar-refractivity contribution is 7.89. The topological polar surface area (TPSA) is 81.4 Å². The number of hydrogen-bond acceptors (Lipinski definition) is 5. The van der Waals surface area contributed by atoms with Crippen LogP contribution < -0.4 is 0 Å². The molecule has 1 atom stereocenters. The van der Waals surface area contributed by atoms with Crippen molar-refractivity contribution in [1.82, 2.24) is 4.31 Å². The molecule has 0 radical (unpaired) electrons. The molecule has 1 aliphatic rings. The summed E-state index contributed by atoms with van der Waals surface area (Å²) >= 11 is 1.52. The molecule has 1 aliphatic heterocycles. The van der Waals surface area contributed by atoms with Gasteiger partial charge in [-0.05, 0) is 54.5 Å². The number of thiophene rings is 1. The van der Waals surface area contributed by atoms with E-state index in [0.29, 0.717) is 31.5 Å². The Kier molecular flexibility index (Phi) is 5.01. The highest BCUT2D eigenvalue weighted by atomic mass is 32.2. The predicted molar refractivity (Wildman–Crippen MR) is 91.9 cm³/mol. The molecule has 0 amide bonds. The van der Waals surface area contributed by atoms with Crippen molar-refractivity contribution in [2.45, 2.75) is 23.8 Å². The zero-order valence-electron chi connectivity index (χ0n) is 13.0. The van der Waals surface area contributed by atoms with Crippen LogP contribution in [0.15, 0.2) is 46.7 Å². The number of benzene rings is 1. The molecule has 24 heavy (non-hydrogen) atoms. The number of sulfonamides is 1. The average molecular weight is 362 g/mol. The maximum Gasteiger partial charge on any atom is 0.243 e. The summed E-state index contributed by atoms with van der Waals surface area (Å²) in [4.78, 5) is 1.14. The highest BCUT2D eigenvalue weighted by Gasteiger charge is 2.32. The van der Waals surface area contributed by atoms with Crippen LogP contribution in [-0.4, -0.2) is 30.9 Å². The number of aliphatic hydroxyl groups is 1. The third kappa shape index (κ3) is 3.37. The Labute approximate surface area is 145 Å². The van der Waals surface area contributed by atoms with Crippen molar-refractivity contribution < 1.29 is 13.5 Å². The molecule has 126 valence electrons. The van der Waals surface area contributed by atoms with Gasteiger partial charge in [-0.1, -0.05) is 6.07 Å². The van der Waals surface area contributed by atoms with Crippen molar-refractivity contribution in [3.8, 4) is 6.07 Å². The maximum atomic E-state index is 12.7. The summed E-state index contributed by atoms with van der Waals surface area (Å²) in [6.07, 6.45) is 0.744. The van der Waals surface area contributed by atoms with Gasteiger partial charge in [-0.2, -0.15) is 9.57 Å². The van der Waals surface area contributed by atoms with E-state index < -0.39 is 16.1 Å². The molecule has 1 aromatic carbocycles. The van der Waals surface area contributed by atoms with Gasteiger partial charge < -0.3 is 5.11 Å². The minimum absolute atomic E-state index is 0.0797. The second-order valence-electron chi connectivity index (χ2n) is 5.84. The minimum Gasteiger partial charge on any atom is -0.387 e. The molecule has 3 rings (SSSR count). The van der Waals surface area contributed by atoms with Gasteiger partial charge in [0.2, 0.25) is 10.0 Å². The molecule has 5 nitrogen and oxygen atoms in total. The van der Waals surface area contributed by atoms with Crippen molar-refractivity contribution in [3.05, 3.63) is 52.2 Å². The first-order chi connectivity index (χ1) is 11.5. The van der Waals surface area contributed by atoms with E-state index in [1.807, 2.05) is 23.6 Å². The van der Waals surface area contributed by atoms with E-state index >= 15 is 0 Å². The lowest BCUT2D eigenvalue weighted by atomic mass is 9.91. The van der Waals surface area contributed by atoms with E-state index in [1.54, 1.807) is 0 Å². The summed E-state index contributed by atoms with van der Waals surface area (Å²) < 4.78 is 26.8. The largest absolute Gasteiger partial charge is 0.387 e. The number of nitriles is 1. The third-order valence-corrected chi connectivity index (χ3v) is 7.26. The third-order valence-electron chi connectivity index (χ3n) is 4.40. The van der Waals surface area contributed by atoms with Crippen LogP contribution in [0.25, 0.3) is 0 Å². The second-order valence-corrected chi connectivity index (χ2v) is 8.76. The van der Waals surface area contributed by atoms with E-state index in [2.05, 4.69) is 0 Å². The highest BCUT2D eigenvalue weighted by Crippen LogP contribution is 2.34. The molecule has 0 saturated carbocycles. The van der Waals surface area contributed by atoms with E-state index in [0.717, 1.165) is 4.88 Å². The molecule has 0 bridgehead atoms. The fourth-order valence-electron chi connectivity index (χ4n) is 2.97. The number of piperidine rings is 1. The van der Waals surface area contributed by atoms with E-state index in [4.69, 9.17) is 5.26 Å². The SMILES string of the molecule is N#Cc1ccc(S(=O)(=O)N2CCC(C(O)c3cccs3)CC2)cc1. The Balaban J connectivity index is 1.68. The van der Waals surface area contributed by atoms with Crippen LogP contribution in [0.1, 0.15) is 29.4 Å².